The van der Waals surface area contributed by atoms with E-state index in [2.05, 4.69) is 75.2 Å². The van der Waals surface area contributed by atoms with Crippen molar-refractivity contribution in [1.29, 1.82) is 0 Å². The molecule has 0 radical (unpaired) electrons. The van der Waals surface area contributed by atoms with E-state index in [4.69, 9.17) is 24.2 Å². The minimum Gasteiger partial charge on any atom is -0.453 e. The van der Waals surface area contributed by atoms with Crippen LogP contribution in [0.4, 0.5) is 9.59 Å². The third-order valence-corrected chi connectivity index (χ3v) is 12.2. The number of likely N-dealkylation sites (tertiary alicyclic amines) is 2. The van der Waals surface area contributed by atoms with Gasteiger partial charge in [-0.05, 0) is 95.1 Å². The lowest BCUT2D eigenvalue weighted by Gasteiger charge is -2.30. The van der Waals surface area contributed by atoms with Crippen LogP contribution in [0.25, 0.3) is 55.1 Å². The van der Waals surface area contributed by atoms with Crippen molar-refractivity contribution in [2.24, 2.45) is 5.92 Å². The number of hydrogen-bond acceptors (Lipinski definition) is 10. The number of aromatic amines is 2. The highest BCUT2D eigenvalue weighted by Crippen LogP contribution is 2.36. The molecular weight excluding hydrogens is 793 g/mol. The Morgan fingerprint density at radius 2 is 1.19 bits per heavy atom. The maximum Gasteiger partial charge on any atom is 0.407 e. The summed E-state index contributed by atoms with van der Waals surface area (Å²) in [6.07, 6.45) is 2.02. The van der Waals surface area contributed by atoms with Gasteiger partial charge in [0, 0.05) is 45.8 Å². The molecule has 16 nitrogen and oxygen atoms in total. The van der Waals surface area contributed by atoms with E-state index >= 15 is 0 Å². The Morgan fingerprint density at radius 1 is 0.710 bits per heavy atom. The monoisotopic (exact) mass is 844 g/mol. The van der Waals surface area contributed by atoms with E-state index in [1.54, 1.807) is 23.8 Å². The largest absolute Gasteiger partial charge is 0.453 e. The van der Waals surface area contributed by atoms with Crippen LogP contribution in [0.3, 0.4) is 0 Å². The number of aromatic nitrogens is 4. The van der Waals surface area contributed by atoms with Crippen molar-refractivity contribution in [2.45, 2.75) is 63.2 Å². The van der Waals surface area contributed by atoms with Crippen LogP contribution in [0.2, 0.25) is 0 Å². The number of aliphatic hydroxyl groups is 1. The molecule has 1 unspecified atom stereocenters. The van der Waals surface area contributed by atoms with E-state index in [-0.39, 0.29) is 30.5 Å². The second-order valence-corrected chi connectivity index (χ2v) is 16.1. The highest BCUT2D eigenvalue weighted by molar-refractivity contribution is 5.93. The highest BCUT2D eigenvalue weighted by Gasteiger charge is 2.39. The molecule has 2 aromatic heterocycles. The molecule has 0 saturated carbocycles. The van der Waals surface area contributed by atoms with E-state index < -0.39 is 30.2 Å². The number of methoxy groups -OCH3 is 3. The molecule has 0 aliphatic carbocycles. The van der Waals surface area contributed by atoms with Gasteiger partial charge in [0.05, 0.1) is 48.4 Å². The van der Waals surface area contributed by atoms with Crippen LogP contribution in [0.15, 0.2) is 72.8 Å². The lowest BCUT2D eigenvalue weighted by Crippen LogP contribution is -2.52. The van der Waals surface area contributed by atoms with Gasteiger partial charge in [0.2, 0.25) is 11.8 Å². The van der Waals surface area contributed by atoms with Crippen molar-refractivity contribution in [3.05, 3.63) is 84.4 Å². The first-order chi connectivity index (χ1) is 30.1. The van der Waals surface area contributed by atoms with Gasteiger partial charge in [-0.15, -0.1) is 0 Å². The zero-order valence-electron chi connectivity index (χ0n) is 35.3. The Labute approximate surface area is 358 Å². The lowest BCUT2D eigenvalue weighted by atomic mass is 9.97. The van der Waals surface area contributed by atoms with Crippen molar-refractivity contribution in [2.75, 3.05) is 47.6 Å². The highest BCUT2D eigenvalue weighted by atomic mass is 16.5. The van der Waals surface area contributed by atoms with Crippen LogP contribution in [0.5, 0.6) is 0 Å². The lowest BCUT2D eigenvalue weighted by molar-refractivity contribution is -0.136. The van der Waals surface area contributed by atoms with Gasteiger partial charge in [0.1, 0.15) is 23.7 Å². The molecule has 5 N–H and O–H groups in total. The number of amides is 4. The second kappa shape index (κ2) is 18.2. The summed E-state index contributed by atoms with van der Waals surface area (Å²) in [5.41, 5.74) is 7.47. The molecule has 0 spiro atoms. The standard InChI is InChI=1S/C46H52N8O8/c1-26(25-55)40(52-46(59)62-4)44(57)54-19-6-8-39(54)42-48-34-16-14-32(24-37(34)50-42)30-12-10-27-21-29(11-9-28(27)22-30)31-13-15-33-36(23-31)49-41(47-33)38-7-5-18-53(38)43(56)35(17-20-60-2)51-45(58)61-3/h9-16,21-24,26,35,38-40,55H,5-8,17-20,25H2,1-4H3,(H,47,49)(H,48,50)(H,51,58)(H,52,59)/t26?,35-,38-,39-,40-/m0/s1. The van der Waals surface area contributed by atoms with Crippen molar-refractivity contribution >= 4 is 56.8 Å². The van der Waals surface area contributed by atoms with Crippen molar-refractivity contribution in [3.63, 3.8) is 0 Å². The molecule has 8 rings (SSSR count). The number of H-pyrrole nitrogens is 2. The molecule has 0 bridgehead atoms. The Kier molecular flexibility index (Phi) is 12.4. The number of alkyl carbamates (subject to hydrolysis) is 2. The Balaban J connectivity index is 0.987. The minimum absolute atomic E-state index is 0.191. The molecule has 16 heteroatoms. The van der Waals surface area contributed by atoms with E-state index in [1.165, 1.54) is 14.2 Å². The van der Waals surface area contributed by atoms with Gasteiger partial charge in [0.15, 0.2) is 0 Å². The molecule has 4 heterocycles. The van der Waals surface area contributed by atoms with Crippen molar-refractivity contribution in [3.8, 4) is 22.3 Å². The number of carbonyl (C=O) groups excluding carboxylic acids is 4. The molecule has 5 atom stereocenters. The van der Waals surface area contributed by atoms with E-state index in [0.717, 1.165) is 80.8 Å². The van der Waals surface area contributed by atoms with Gasteiger partial charge in [-0.1, -0.05) is 43.3 Å². The maximum atomic E-state index is 13.7. The Bertz CT molecular complexity index is 2620. The average molecular weight is 845 g/mol. The predicted molar refractivity (Wildman–Crippen MR) is 233 cm³/mol. The first kappa shape index (κ1) is 42.2. The van der Waals surface area contributed by atoms with E-state index in [0.29, 0.717) is 37.8 Å². The number of nitrogens with zero attached hydrogens (tertiary/aromatic N) is 4. The summed E-state index contributed by atoms with van der Waals surface area (Å²) >= 11 is 0. The normalized spacial score (nSPS) is 18.0. The maximum absolute atomic E-state index is 13.7. The van der Waals surface area contributed by atoms with Crippen LogP contribution in [-0.4, -0.2) is 119 Å². The zero-order valence-corrected chi connectivity index (χ0v) is 35.3. The third kappa shape index (κ3) is 8.52. The van der Waals surface area contributed by atoms with Gasteiger partial charge in [-0.2, -0.15) is 0 Å². The first-order valence-corrected chi connectivity index (χ1v) is 21.0. The van der Waals surface area contributed by atoms with Crippen LogP contribution >= 0.6 is 0 Å². The summed E-state index contributed by atoms with van der Waals surface area (Å²) in [7, 11) is 4.07. The van der Waals surface area contributed by atoms with Crippen molar-refractivity contribution in [1.82, 2.24) is 40.4 Å². The number of fused-ring (bicyclic) bond motifs is 3. The molecule has 4 amide bonds. The molecule has 6 aromatic rings. The number of nitrogens with one attached hydrogen (secondary N) is 4. The molecule has 2 saturated heterocycles. The number of carbonyl (C=O) groups is 4. The summed E-state index contributed by atoms with van der Waals surface area (Å²) in [6, 6.07) is 22.8. The van der Waals surface area contributed by atoms with Gasteiger partial charge in [-0.3, -0.25) is 9.59 Å². The predicted octanol–water partition coefficient (Wildman–Crippen LogP) is 6.37. The van der Waals surface area contributed by atoms with Crippen LogP contribution in [0, 0.1) is 5.92 Å². The number of hydrogen-bond donors (Lipinski definition) is 5. The number of aliphatic hydroxyl groups excluding tert-OH is 1. The number of imidazole rings is 2. The molecule has 2 aliphatic heterocycles. The Morgan fingerprint density at radius 3 is 1.69 bits per heavy atom. The fraction of sp³-hybridized carbons (Fsp3) is 0.391. The quantitative estimate of drug-likeness (QED) is 0.0870. The van der Waals surface area contributed by atoms with E-state index in [9.17, 15) is 24.3 Å². The molecule has 2 aliphatic rings. The van der Waals surface area contributed by atoms with Crippen LogP contribution in [0.1, 0.15) is 62.8 Å². The summed E-state index contributed by atoms with van der Waals surface area (Å²) in [4.78, 5) is 71.7. The number of benzene rings is 4. The smallest absolute Gasteiger partial charge is 0.407 e. The first-order valence-electron chi connectivity index (χ1n) is 21.0. The number of ether oxygens (including phenoxy) is 3. The van der Waals surface area contributed by atoms with Gasteiger partial charge in [-0.25, -0.2) is 19.6 Å². The molecule has 2 fully saturated rings. The number of rotatable bonds is 13. The summed E-state index contributed by atoms with van der Waals surface area (Å²) in [6.45, 7) is 2.83. The molecular formula is C46H52N8O8. The zero-order chi connectivity index (χ0) is 43.5. The summed E-state index contributed by atoms with van der Waals surface area (Å²) < 4.78 is 14.7. The second-order valence-electron chi connectivity index (χ2n) is 16.1. The fourth-order valence-electron chi connectivity index (χ4n) is 8.78. The molecule has 324 valence electrons. The third-order valence-electron chi connectivity index (χ3n) is 12.2. The average Bonchev–Trinajstić information content (AvgIpc) is 4.14. The molecule has 62 heavy (non-hydrogen) atoms. The topological polar surface area (TPSA) is 204 Å². The summed E-state index contributed by atoms with van der Waals surface area (Å²) in [5, 5.41) is 17.3. The van der Waals surface area contributed by atoms with Crippen molar-refractivity contribution < 1.29 is 38.5 Å². The van der Waals surface area contributed by atoms with Gasteiger partial charge < -0.3 is 49.7 Å². The SMILES string of the molecule is COCC[C@H](NC(=O)OC)C(=O)N1CCC[C@H]1c1nc2ccc(-c3ccc4cc(-c5ccc6nc([C@@H]7CCCN7C(=O)[C@@H](NC(=O)OC)C(C)CO)[nH]c6c5)ccc4c3)cc2[nH]1. The summed E-state index contributed by atoms with van der Waals surface area (Å²) in [5.74, 6) is 0.418. The minimum atomic E-state index is -0.930. The van der Waals surface area contributed by atoms with Crippen LogP contribution in [-0.2, 0) is 23.8 Å². The van der Waals surface area contributed by atoms with Gasteiger partial charge >= 0.3 is 12.2 Å². The van der Waals surface area contributed by atoms with Crippen LogP contribution < -0.4 is 10.6 Å². The molecule has 4 aromatic carbocycles. The fourth-order valence-corrected chi connectivity index (χ4v) is 8.78. The van der Waals surface area contributed by atoms with E-state index in [1.807, 2.05) is 18.2 Å². The Hall–Kier alpha value is -6.52. The van der Waals surface area contributed by atoms with Gasteiger partial charge in [0.25, 0.3) is 0 Å².